The molecule has 0 saturated carbocycles. The zero-order chi connectivity index (χ0) is 28.3. The Morgan fingerprint density at radius 3 is 2.51 bits per heavy atom. The van der Waals surface area contributed by atoms with E-state index in [9.17, 15) is 14.0 Å². The normalized spacial score (nSPS) is 12.3. The number of fused-ring (bicyclic) bond motifs is 1. The molecule has 1 aliphatic rings. The largest absolute Gasteiger partial charge is 0.481 e. The van der Waals surface area contributed by atoms with Crippen LogP contribution in [-0.4, -0.2) is 36.8 Å². The van der Waals surface area contributed by atoms with E-state index in [2.05, 4.69) is 20.4 Å². The lowest BCUT2D eigenvalue weighted by atomic mass is 10.1. The second kappa shape index (κ2) is 11.0. The van der Waals surface area contributed by atoms with Crippen molar-refractivity contribution in [1.82, 2.24) is 29.6 Å². The fourth-order valence-corrected chi connectivity index (χ4v) is 4.72. The molecule has 0 atom stereocenters. The second-order valence-corrected chi connectivity index (χ2v) is 9.50. The molecule has 0 spiro atoms. The van der Waals surface area contributed by atoms with Crippen LogP contribution in [0, 0.1) is 12.7 Å². The minimum Gasteiger partial charge on any atom is -0.481 e. The number of rotatable bonds is 8. The number of halogens is 1. The number of para-hydroxylation sites is 1. The van der Waals surface area contributed by atoms with Crippen molar-refractivity contribution in [2.24, 2.45) is 0 Å². The summed E-state index contributed by atoms with van der Waals surface area (Å²) in [5.41, 5.74) is 2.17. The summed E-state index contributed by atoms with van der Waals surface area (Å²) in [6.07, 6.45) is 1.48. The van der Waals surface area contributed by atoms with Crippen LogP contribution in [0.4, 0.5) is 16.0 Å². The molecule has 0 aliphatic carbocycles. The Labute approximate surface area is 234 Å². The van der Waals surface area contributed by atoms with Crippen molar-refractivity contribution in [3.05, 3.63) is 124 Å². The first-order chi connectivity index (χ1) is 20.0. The molecule has 0 radical (unpaired) electrons. The molecule has 1 N–H and O–H groups in total. The topological polar surface area (TPSA) is 107 Å². The van der Waals surface area contributed by atoms with Gasteiger partial charge in [-0.25, -0.2) is 19.0 Å². The van der Waals surface area contributed by atoms with E-state index in [1.165, 1.54) is 27.7 Å². The van der Waals surface area contributed by atoms with E-state index in [0.29, 0.717) is 36.1 Å². The monoisotopic (exact) mass is 551 g/mol. The number of benzene rings is 3. The molecule has 41 heavy (non-hydrogen) atoms. The Balaban J connectivity index is 1.34. The summed E-state index contributed by atoms with van der Waals surface area (Å²) < 4.78 is 23.0. The Hall–Kier alpha value is -5.32. The van der Waals surface area contributed by atoms with Crippen molar-refractivity contribution in [2.75, 3.05) is 11.4 Å². The molecule has 3 heterocycles. The van der Waals surface area contributed by atoms with Gasteiger partial charge in [-0.15, -0.1) is 0 Å². The van der Waals surface area contributed by atoms with Gasteiger partial charge in [0, 0.05) is 25.3 Å². The highest BCUT2D eigenvalue weighted by molar-refractivity contribution is 5.95. The van der Waals surface area contributed by atoms with Gasteiger partial charge in [0.1, 0.15) is 24.6 Å². The van der Waals surface area contributed by atoms with Gasteiger partial charge in [0.2, 0.25) is 11.7 Å². The smallest absolute Gasteiger partial charge is 0.298 e. The molecule has 1 aliphatic heterocycles. The Bertz CT molecular complexity index is 1770. The first-order valence-electron chi connectivity index (χ1n) is 13.1. The molecule has 0 unspecified atom stereocenters. The summed E-state index contributed by atoms with van der Waals surface area (Å²) in [7, 11) is 0. The van der Waals surface area contributed by atoms with E-state index >= 15 is 0 Å². The van der Waals surface area contributed by atoms with E-state index in [1.807, 2.05) is 65.6 Å². The summed E-state index contributed by atoms with van der Waals surface area (Å²) in [5, 5.41) is 7.10. The summed E-state index contributed by atoms with van der Waals surface area (Å²) >= 11 is 0. The van der Waals surface area contributed by atoms with Crippen molar-refractivity contribution in [1.29, 1.82) is 0 Å². The van der Waals surface area contributed by atoms with E-state index in [4.69, 9.17) is 4.74 Å². The summed E-state index contributed by atoms with van der Waals surface area (Å²) in [5.74, 6) is -0.293. The van der Waals surface area contributed by atoms with Crippen molar-refractivity contribution in [3.8, 4) is 11.4 Å². The zero-order valence-corrected chi connectivity index (χ0v) is 22.2. The molecule has 0 bridgehead atoms. The molecule has 10 nitrogen and oxygen atoms in total. The summed E-state index contributed by atoms with van der Waals surface area (Å²) in [6, 6.07) is 23.1. The van der Waals surface area contributed by atoms with Crippen LogP contribution in [0.15, 0.2) is 90.0 Å². The predicted molar refractivity (Wildman–Crippen MR) is 150 cm³/mol. The molecular weight excluding hydrogens is 525 g/mol. The van der Waals surface area contributed by atoms with Gasteiger partial charge in [0.05, 0.1) is 5.69 Å². The van der Waals surface area contributed by atoms with Crippen LogP contribution in [-0.2, 0) is 19.7 Å². The van der Waals surface area contributed by atoms with Crippen LogP contribution in [0.1, 0.15) is 27.4 Å². The molecule has 206 valence electrons. The molecule has 3 aromatic carbocycles. The van der Waals surface area contributed by atoms with Gasteiger partial charge in [-0.1, -0.05) is 54.6 Å². The van der Waals surface area contributed by atoms with Crippen LogP contribution >= 0.6 is 0 Å². The highest BCUT2D eigenvalue weighted by Gasteiger charge is 2.30. The van der Waals surface area contributed by atoms with Crippen molar-refractivity contribution in [2.45, 2.75) is 26.6 Å². The number of aryl methyl sites for hydroxylation is 1. The molecule has 5 aromatic rings. The van der Waals surface area contributed by atoms with E-state index < -0.39 is 17.3 Å². The molecule has 11 heteroatoms. The maximum absolute atomic E-state index is 14.1. The average molecular weight is 552 g/mol. The number of amides is 1. The Kier molecular flexibility index (Phi) is 6.99. The van der Waals surface area contributed by atoms with E-state index in [1.54, 1.807) is 13.0 Å². The first kappa shape index (κ1) is 25.9. The number of nitrogens with zero attached hydrogens (tertiary/aromatic N) is 6. The highest BCUT2D eigenvalue weighted by Crippen LogP contribution is 2.29. The molecule has 0 fully saturated rings. The molecule has 1 amide bonds. The van der Waals surface area contributed by atoms with Crippen LogP contribution in [0.25, 0.3) is 5.69 Å². The fraction of sp³-hybridized carbons (Fsp3) is 0.167. The zero-order valence-electron chi connectivity index (χ0n) is 22.2. The SMILES string of the molecule is Cc1ncn(-c2cc(F)ccc2CNC(=O)c2nc3n(c(=O)c2OCc2ccccc2)CCN3c2ccccc2)n1. The number of nitrogens with one attached hydrogen (secondary N) is 1. The van der Waals surface area contributed by atoms with E-state index in [0.717, 1.165) is 11.3 Å². The lowest BCUT2D eigenvalue weighted by Crippen LogP contribution is -2.31. The number of carbonyl (C=O) groups excluding carboxylic acids is 1. The predicted octanol–water partition coefficient (Wildman–Crippen LogP) is 3.93. The van der Waals surface area contributed by atoms with Gasteiger partial charge in [-0.05, 0) is 42.3 Å². The third-order valence-electron chi connectivity index (χ3n) is 6.75. The number of aromatic nitrogens is 5. The van der Waals surface area contributed by atoms with Gasteiger partial charge in [-0.3, -0.25) is 14.2 Å². The molecule has 0 saturated heterocycles. The second-order valence-electron chi connectivity index (χ2n) is 9.50. The summed E-state index contributed by atoms with van der Waals surface area (Å²) in [4.78, 5) is 38.0. The lowest BCUT2D eigenvalue weighted by molar-refractivity contribution is 0.0940. The van der Waals surface area contributed by atoms with Gasteiger partial charge < -0.3 is 15.0 Å². The Morgan fingerprint density at radius 2 is 1.78 bits per heavy atom. The van der Waals surface area contributed by atoms with Crippen LogP contribution in [0.3, 0.4) is 0 Å². The molecular formula is C30H26FN7O3. The maximum Gasteiger partial charge on any atom is 0.298 e. The average Bonchev–Trinajstić information content (AvgIpc) is 3.63. The van der Waals surface area contributed by atoms with Gasteiger partial charge in [0.25, 0.3) is 11.5 Å². The molecule has 6 rings (SSSR count). The number of anilines is 2. The van der Waals surface area contributed by atoms with Crippen molar-refractivity contribution < 1.29 is 13.9 Å². The third kappa shape index (κ3) is 5.29. The number of carbonyl (C=O) groups is 1. The maximum atomic E-state index is 14.1. The minimum atomic E-state index is -0.599. The van der Waals surface area contributed by atoms with Gasteiger partial charge in [0.15, 0.2) is 5.69 Å². The minimum absolute atomic E-state index is 0.0218. The van der Waals surface area contributed by atoms with Crippen molar-refractivity contribution >= 4 is 17.5 Å². The van der Waals surface area contributed by atoms with Gasteiger partial charge in [-0.2, -0.15) is 5.10 Å². The highest BCUT2D eigenvalue weighted by atomic mass is 19.1. The van der Waals surface area contributed by atoms with Crippen molar-refractivity contribution in [3.63, 3.8) is 0 Å². The van der Waals surface area contributed by atoms with E-state index in [-0.39, 0.29) is 24.6 Å². The Morgan fingerprint density at radius 1 is 1.02 bits per heavy atom. The standard InChI is InChI=1S/C30H26FN7O3/c1-20-33-19-38(35-20)25-16-23(31)13-12-22(25)17-32-28(39)26-27(41-18-21-8-4-2-5-9-21)29(40)37-15-14-36(30(37)34-26)24-10-6-3-7-11-24/h2-13,16,19H,14-15,17-18H2,1H3,(H,32,39). The number of ether oxygens (including phenoxy) is 1. The van der Waals surface area contributed by atoms with Crippen LogP contribution in [0.2, 0.25) is 0 Å². The number of hydrogen-bond acceptors (Lipinski definition) is 7. The fourth-order valence-electron chi connectivity index (χ4n) is 4.72. The molecule has 2 aromatic heterocycles. The van der Waals surface area contributed by atoms with Crippen LogP contribution in [0.5, 0.6) is 5.75 Å². The lowest BCUT2D eigenvalue weighted by Gasteiger charge is -2.19. The third-order valence-corrected chi connectivity index (χ3v) is 6.75. The van der Waals surface area contributed by atoms with Gasteiger partial charge >= 0.3 is 0 Å². The number of hydrogen-bond donors (Lipinski definition) is 1. The quantitative estimate of drug-likeness (QED) is 0.311. The first-order valence-corrected chi connectivity index (χ1v) is 13.1. The summed E-state index contributed by atoms with van der Waals surface area (Å²) in [6.45, 7) is 2.76. The van der Waals surface area contributed by atoms with Crippen LogP contribution < -0.4 is 20.5 Å².